The molecule has 1 aliphatic heterocycles. The highest BCUT2D eigenvalue weighted by Crippen LogP contribution is 2.28. The molecule has 2 fully saturated rings. The summed E-state index contributed by atoms with van der Waals surface area (Å²) in [6.45, 7) is 4.78. The highest BCUT2D eigenvalue weighted by atomic mass is 16.6. The largest absolute Gasteiger partial charge is 0.459 e. The third kappa shape index (κ3) is 6.01. The average Bonchev–Trinajstić information content (AvgIpc) is 3.07. The van der Waals surface area contributed by atoms with Crippen LogP contribution >= 0.6 is 0 Å². The molecule has 0 spiro atoms. The first-order valence-electron chi connectivity index (χ1n) is 9.85. The topological polar surface area (TPSA) is 70.8 Å². The number of esters is 1. The minimum Gasteiger partial charge on any atom is -0.459 e. The average molecular weight is 341 g/mol. The maximum absolute atomic E-state index is 12.1. The summed E-state index contributed by atoms with van der Waals surface area (Å²) in [6.07, 6.45) is 10.3. The van der Waals surface area contributed by atoms with Crippen molar-refractivity contribution >= 4 is 5.97 Å². The van der Waals surface area contributed by atoms with E-state index in [1.54, 1.807) is 0 Å². The Hall–Kier alpha value is -0.650. The Morgan fingerprint density at radius 2 is 1.88 bits per heavy atom. The molecule has 1 saturated heterocycles. The number of unbranched alkanes of at least 4 members (excludes halogenated alkanes) is 2. The van der Waals surface area contributed by atoms with Crippen molar-refractivity contribution in [3.05, 3.63) is 0 Å². The van der Waals surface area contributed by atoms with Crippen molar-refractivity contribution in [1.82, 2.24) is 0 Å². The lowest BCUT2D eigenvalue weighted by atomic mass is 10.0. The van der Waals surface area contributed by atoms with Crippen molar-refractivity contribution in [3.63, 3.8) is 0 Å². The van der Waals surface area contributed by atoms with E-state index >= 15 is 0 Å². The molecule has 0 radical (unpaired) electrons. The van der Waals surface area contributed by atoms with Crippen molar-refractivity contribution in [3.8, 4) is 0 Å². The highest BCUT2D eigenvalue weighted by Gasteiger charge is 2.35. The van der Waals surface area contributed by atoms with Crippen LogP contribution in [-0.4, -0.2) is 43.0 Å². The molecule has 0 bridgehead atoms. The normalized spacial score (nSPS) is 32.9. The lowest BCUT2D eigenvalue weighted by molar-refractivity contribution is -0.171. The van der Waals surface area contributed by atoms with Gasteiger partial charge < -0.3 is 19.9 Å². The van der Waals surface area contributed by atoms with Gasteiger partial charge in [0.05, 0.1) is 12.2 Å². The molecule has 0 aromatic rings. The summed E-state index contributed by atoms with van der Waals surface area (Å²) >= 11 is 0. The van der Waals surface area contributed by atoms with Crippen molar-refractivity contribution in [2.45, 2.75) is 109 Å². The summed E-state index contributed by atoms with van der Waals surface area (Å²) in [5.74, 6) is -0.314. The summed E-state index contributed by atoms with van der Waals surface area (Å²) in [5, 5.41) is 0. The number of carbonyl (C=O) groups excluding carboxylic acids is 1. The van der Waals surface area contributed by atoms with Crippen LogP contribution in [0.4, 0.5) is 0 Å². The van der Waals surface area contributed by atoms with Crippen LogP contribution in [0.15, 0.2) is 0 Å². The van der Waals surface area contributed by atoms with E-state index in [0.29, 0.717) is 19.1 Å². The van der Waals surface area contributed by atoms with E-state index < -0.39 is 6.04 Å². The first kappa shape index (κ1) is 19.7. The molecule has 1 heterocycles. The molecular formula is C19H35NO4. The number of ether oxygens (including phenoxy) is 3. The van der Waals surface area contributed by atoms with E-state index in [1.807, 2.05) is 6.92 Å². The molecule has 1 aliphatic carbocycles. The lowest BCUT2D eigenvalue weighted by Gasteiger charge is -2.32. The zero-order valence-electron chi connectivity index (χ0n) is 15.4. The Bertz CT molecular complexity index is 370. The molecule has 0 unspecified atom stereocenters. The minimum absolute atomic E-state index is 0.0113. The van der Waals surface area contributed by atoms with Gasteiger partial charge in [0, 0.05) is 6.61 Å². The molecule has 2 N–H and O–H groups in total. The van der Waals surface area contributed by atoms with Crippen molar-refractivity contribution in [1.29, 1.82) is 0 Å². The van der Waals surface area contributed by atoms with Crippen molar-refractivity contribution in [2.75, 3.05) is 6.61 Å². The number of hydrogen-bond acceptors (Lipinski definition) is 5. The maximum Gasteiger partial charge on any atom is 0.323 e. The van der Waals surface area contributed by atoms with Gasteiger partial charge >= 0.3 is 5.97 Å². The van der Waals surface area contributed by atoms with Crippen LogP contribution in [0.1, 0.15) is 78.1 Å². The molecule has 2 rings (SSSR count). The predicted molar refractivity (Wildman–Crippen MR) is 93.8 cm³/mol. The molecule has 4 atom stereocenters. The standard InChI is InChI=1S/C19H35NO4/c1-3-4-7-13-22-18-14(2)23-19(21)16(20)11-8-12-17(18)24-15-9-5-6-10-15/h14-18H,3-13,20H2,1-2H3/t14-,16-,17-,18-/m0/s1. The molecule has 1 saturated carbocycles. The fraction of sp³-hybridized carbons (Fsp3) is 0.947. The predicted octanol–water partition coefficient (Wildman–Crippen LogP) is 3.33. The van der Waals surface area contributed by atoms with E-state index in [4.69, 9.17) is 19.9 Å². The quantitative estimate of drug-likeness (QED) is 0.568. The van der Waals surface area contributed by atoms with Crippen LogP contribution in [0.2, 0.25) is 0 Å². The van der Waals surface area contributed by atoms with E-state index in [0.717, 1.165) is 44.9 Å². The molecule has 5 heteroatoms. The second-order valence-electron chi connectivity index (χ2n) is 7.30. The van der Waals surface area contributed by atoms with Gasteiger partial charge in [0.25, 0.3) is 0 Å². The van der Waals surface area contributed by atoms with Gasteiger partial charge in [0.1, 0.15) is 18.2 Å². The van der Waals surface area contributed by atoms with Gasteiger partial charge in [-0.1, -0.05) is 32.6 Å². The fourth-order valence-corrected chi connectivity index (χ4v) is 3.69. The molecule has 0 amide bonds. The van der Waals surface area contributed by atoms with Gasteiger partial charge in [-0.05, 0) is 45.4 Å². The minimum atomic E-state index is -0.529. The second kappa shape index (κ2) is 10.4. The number of carbonyl (C=O) groups is 1. The fourth-order valence-electron chi connectivity index (χ4n) is 3.69. The summed E-state index contributed by atoms with van der Waals surface area (Å²) in [5.41, 5.74) is 5.92. The van der Waals surface area contributed by atoms with Crippen molar-refractivity contribution in [2.24, 2.45) is 5.73 Å². The Labute approximate surface area is 146 Å². The van der Waals surface area contributed by atoms with Gasteiger partial charge in [-0.3, -0.25) is 4.79 Å². The van der Waals surface area contributed by atoms with Gasteiger partial charge in [-0.25, -0.2) is 0 Å². The van der Waals surface area contributed by atoms with E-state index in [9.17, 15) is 4.79 Å². The first-order valence-corrected chi connectivity index (χ1v) is 9.85. The second-order valence-corrected chi connectivity index (χ2v) is 7.30. The summed E-state index contributed by atoms with van der Waals surface area (Å²) in [4.78, 5) is 12.1. The molecule has 0 aromatic heterocycles. The first-order chi connectivity index (χ1) is 11.6. The molecule has 5 nitrogen and oxygen atoms in total. The SMILES string of the molecule is CCCCCO[C@H]1[C@H](C)OC(=O)[C@@H](N)CCC[C@@H]1OC1CCCC1. The zero-order chi connectivity index (χ0) is 17.4. The number of hydrogen-bond donors (Lipinski definition) is 1. The molecular weight excluding hydrogens is 306 g/mol. The van der Waals surface area contributed by atoms with Crippen LogP contribution in [0.25, 0.3) is 0 Å². The Kier molecular flexibility index (Phi) is 8.50. The van der Waals surface area contributed by atoms with Gasteiger partial charge in [-0.2, -0.15) is 0 Å². The number of nitrogens with two attached hydrogens (primary N) is 1. The Morgan fingerprint density at radius 3 is 2.58 bits per heavy atom. The van der Waals surface area contributed by atoms with E-state index in [-0.39, 0.29) is 24.3 Å². The third-order valence-corrected chi connectivity index (χ3v) is 5.17. The third-order valence-electron chi connectivity index (χ3n) is 5.17. The summed E-state index contributed by atoms with van der Waals surface area (Å²) in [6, 6.07) is -0.529. The van der Waals surface area contributed by atoms with Crippen LogP contribution < -0.4 is 5.73 Å². The Balaban J connectivity index is 2.02. The number of rotatable bonds is 7. The Morgan fingerprint density at radius 1 is 1.12 bits per heavy atom. The van der Waals surface area contributed by atoms with Crippen LogP contribution in [0, 0.1) is 0 Å². The molecule has 0 aromatic carbocycles. The smallest absolute Gasteiger partial charge is 0.323 e. The lowest BCUT2D eigenvalue weighted by Crippen LogP contribution is -2.44. The molecule has 24 heavy (non-hydrogen) atoms. The van der Waals surface area contributed by atoms with Crippen LogP contribution in [0.3, 0.4) is 0 Å². The monoisotopic (exact) mass is 341 g/mol. The van der Waals surface area contributed by atoms with E-state index in [1.165, 1.54) is 12.8 Å². The summed E-state index contributed by atoms with van der Waals surface area (Å²) < 4.78 is 18.1. The summed E-state index contributed by atoms with van der Waals surface area (Å²) in [7, 11) is 0. The number of cyclic esters (lactones) is 1. The van der Waals surface area contributed by atoms with Gasteiger partial charge in [-0.15, -0.1) is 0 Å². The van der Waals surface area contributed by atoms with Crippen LogP contribution in [-0.2, 0) is 19.0 Å². The highest BCUT2D eigenvalue weighted by molar-refractivity contribution is 5.75. The van der Waals surface area contributed by atoms with Crippen molar-refractivity contribution < 1.29 is 19.0 Å². The maximum atomic E-state index is 12.1. The van der Waals surface area contributed by atoms with Crippen LogP contribution in [0.5, 0.6) is 0 Å². The van der Waals surface area contributed by atoms with Gasteiger partial charge in [0.2, 0.25) is 0 Å². The van der Waals surface area contributed by atoms with Gasteiger partial charge in [0.15, 0.2) is 0 Å². The molecule has 140 valence electrons. The zero-order valence-corrected chi connectivity index (χ0v) is 15.4. The van der Waals surface area contributed by atoms with E-state index in [2.05, 4.69) is 6.92 Å². The molecule has 2 aliphatic rings.